The molecule has 2 atom stereocenters. The lowest BCUT2D eigenvalue weighted by Crippen LogP contribution is -2.32. The molecule has 1 aromatic rings. The summed E-state index contributed by atoms with van der Waals surface area (Å²) >= 11 is 0. The summed E-state index contributed by atoms with van der Waals surface area (Å²) in [6.45, 7) is 3.98. The van der Waals surface area contributed by atoms with Crippen LogP contribution < -0.4 is 0 Å². The molecule has 4 nitrogen and oxygen atoms in total. The van der Waals surface area contributed by atoms with Crippen LogP contribution in [0.4, 0.5) is 0 Å². The number of aryl methyl sites for hydroxylation is 2. The summed E-state index contributed by atoms with van der Waals surface area (Å²) in [4.78, 5) is 25.6. The molecule has 0 radical (unpaired) electrons. The number of carbonyl (C=O) groups excluding carboxylic acids is 1. The van der Waals surface area contributed by atoms with Gasteiger partial charge in [0.05, 0.1) is 12.0 Å². The lowest BCUT2D eigenvalue weighted by atomic mass is 9.90. The highest BCUT2D eigenvalue weighted by Gasteiger charge is 2.50. The first-order chi connectivity index (χ1) is 9.49. The third-order valence-electron chi connectivity index (χ3n) is 4.37. The maximum absolute atomic E-state index is 12.2. The van der Waals surface area contributed by atoms with Crippen LogP contribution >= 0.6 is 0 Å². The van der Waals surface area contributed by atoms with Crippen LogP contribution in [0.1, 0.15) is 42.0 Å². The summed E-state index contributed by atoms with van der Waals surface area (Å²) in [5, 5.41) is 9.46. The molecule has 0 aromatic heterocycles. The summed E-state index contributed by atoms with van der Waals surface area (Å²) in [7, 11) is 0. The van der Waals surface area contributed by atoms with Crippen molar-refractivity contribution in [2.45, 2.75) is 45.2 Å². The van der Waals surface area contributed by atoms with Crippen molar-refractivity contribution in [3.8, 4) is 0 Å². The van der Waals surface area contributed by atoms with Gasteiger partial charge in [-0.1, -0.05) is 23.8 Å². The smallest absolute Gasteiger partial charge is 0.309 e. The van der Waals surface area contributed by atoms with Gasteiger partial charge in [-0.25, -0.2) is 0 Å². The predicted octanol–water partition coefficient (Wildman–Crippen LogP) is 2.44. The molecule has 1 heterocycles. The van der Waals surface area contributed by atoms with Gasteiger partial charge in [-0.2, -0.15) is 0 Å². The molecule has 2 unspecified atom stereocenters. The Hall–Kier alpha value is -1.84. The molecule has 1 amide bonds. The normalized spacial score (nSPS) is 26.1. The summed E-state index contributed by atoms with van der Waals surface area (Å²) in [5.41, 5.74) is 3.16. The van der Waals surface area contributed by atoms with Gasteiger partial charge in [0, 0.05) is 12.5 Å². The molecule has 1 aliphatic heterocycles. The Morgan fingerprint density at radius 3 is 2.60 bits per heavy atom. The zero-order chi connectivity index (χ0) is 14.4. The molecule has 0 spiro atoms. The molecular weight excluding hydrogens is 254 g/mol. The molecule has 1 aliphatic carbocycles. The van der Waals surface area contributed by atoms with Crippen molar-refractivity contribution < 1.29 is 14.7 Å². The molecule has 2 aliphatic rings. The van der Waals surface area contributed by atoms with Gasteiger partial charge in [-0.3, -0.25) is 9.59 Å². The molecule has 1 aromatic carbocycles. The Kier molecular flexibility index (Phi) is 3.04. The fourth-order valence-electron chi connectivity index (χ4n) is 3.21. The van der Waals surface area contributed by atoms with Crippen molar-refractivity contribution in [2.75, 3.05) is 0 Å². The third kappa shape index (κ3) is 2.09. The van der Waals surface area contributed by atoms with Crippen LogP contribution in [0.25, 0.3) is 0 Å². The molecule has 4 heteroatoms. The van der Waals surface area contributed by atoms with Gasteiger partial charge in [0.25, 0.3) is 0 Å². The Morgan fingerprint density at radius 2 is 2.00 bits per heavy atom. The number of carbonyl (C=O) groups is 2. The Bertz CT molecular complexity index is 577. The number of rotatable bonds is 3. The van der Waals surface area contributed by atoms with Gasteiger partial charge in [-0.05, 0) is 37.8 Å². The maximum atomic E-state index is 12.2. The van der Waals surface area contributed by atoms with E-state index in [0.29, 0.717) is 0 Å². The van der Waals surface area contributed by atoms with Crippen LogP contribution in [0.15, 0.2) is 18.2 Å². The minimum Gasteiger partial charge on any atom is -0.481 e. The van der Waals surface area contributed by atoms with Gasteiger partial charge in [0.2, 0.25) is 5.91 Å². The van der Waals surface area contributed by atoms with Crippen LogP contribution in [0.2, 0.25) is 0 Å². The summed E-state index contributed by atoms with van der Waals surface area (Å²) in [6.07, 6.45) is 2.13. The number of amides is 1. The third-order valence-corrected chi connectivity index (χ3v) is 4.37. The minimum atomic E-state index is -0.868. The van der Waals surface area contributed by atoms with Crippen molar-refractivity contribution in [3.63, 3.8) is 0 Å². The highest BCUT2D eigenvalue weighted by atomic mass is 16.4. The maximum Gasteiger partial charge on any atom is 0.309 e. The zero-order valence-corrected chi connectivity index (χ0v) is 11.8. The van der Waals surface area contributed by atoms with E-state index in [-0.39, 0.29) is 24.4 Å². The van der Waals surface area contributed by atoms with E-state index in [1.807, 2.05) is 36.9 Å². The molecule has 106 valence electrons. The molecular formula is C16H19NO3. The van der Waals surface area contributed by atoms with Crippen molar-refractivity contribution >= 4 is 11.9 Å². The second-order valence-corrected chi connectivity index (χ2v) is 5.99. The fourth-order valence-corrected chi connectivity index (χ4v) is 3.21. The largest absolute Gasteiger partial charge is 0.481 e. The number of hydrogen-bond donors (Lipinski definition) is 1. The average molecular weight is 273 g/mol. The number of carboxylic acid groups (broad SMARTS) is 1. The van der Waals surface area contributed by atoms with Crippen molar-refractivity contribution in [1.29, 1.82) is 0 Å². The van der Waals surface area contributed by atoms with Crippen LogP contribution in [0.3, 0.4) is 0 Å². The summed E-state index contributed by atoms with van der Waals surface area (Å²) < 4.78 is 0. The molecule has 1 saturated carbocycles. The van der Waals surface area contributed by atoms with Crippen LogP contribution in [0.5, 0.6) is 0 Å². The van der Waals surface area contributed by atoms with E-state index >= 15 is 0 Å². The van der Waals surface area contributed by atoms with Crippen molar-refractivity contribution in [2.24, 2.45) is 5.92 Å². The van der Waals surface area contributed by atoms with E-state index in [2.05, 4.69) is 0 Å². The molecule has 1 N–H and O–H groups in total. The van der Waals surface area contributed by atoms with E-state index in [0.717, 1.165) is 29.5 Å². The number of hydrogen-bond acceptors (Lipinski definition) is 2. The van der Waals surface area contributed by atoms with Gasteiger partial charge in [0.1, 0.15) is 0 Å². The lowest BCUT2D eigenvalue weighted by molar-refractivity contribution is -0.142. The van der Waals surface area contributed by atoms with Crippen LogP contribution in [-0.2, 0) is 9.59 Å². The van der Waals surface area contributed by atoms with Crippen LogP contribution in [0, 0.1) is 19.8 Å². The predicted molar refractivity (Wildman–Crippen MR) is 74.3 cm³/mol. The van der Waals surface area contributed by atoms with E-state index in [9.17, 15) is 14.7 Å². The van der Waals surface area contributed by atoms with Crippen LogP contribution in [-0.4, -0.2) is 27.9 Å². The van der Waals surface area contributed by atoms with E-state index in [1.165, 1.54) is 0 Å². The van der Waals surface area contributed by atoms with Gasteiger partial charge in [0.15, 0.2) is 0 Å². The molecule has 1 saturated heterocycles. The number of aliphatic carboxylic acids is 1. The van der Waals surface area contributed by atoms with E-state index in [1.54, 1.807) is 0 Å². The number of benzene rings is 1. The SMILES string of the molecule is Cc1ccc(C)c(C2C(C(=O)O)CC(=O)N2C2CC2)c1. The Balaban J connectivity index is 2.07. The first kappa shape index (κ1) is 13.2. The number of likely N-dealkylation sites (tertiary alicyclic amines) is 1. The number of nitrogens with zero attached hydrogens (tertiary/aromatic N) is 1. The van der Waals surface area contributed by atoms with Gasteiger partial charge in [-0.15, -0.1) is 0 Å². The van der Waals surface area contributed by atoms with Crippen molar-refractivity contribution in [3.05, 3.63) is 34.9 Å². The minimum absolute atomic E-state index is 0.00851. The first-order valence-corrected chi connectivity index (χ1v) is 7.10. The monoisotopic (exact) mass is 273 g/mol. The molecule has 0 bridgehead atoms. The second kappa shape index (κ2) is 4.62. The van der Waals surface area contributed by atoms with Gasteiger partial charge >= 0.3 is 5.97 Å². The highest BCUT2D eigenvalue weighted by molar-refractivity contribution is 5.88. The second-order valence-electron chi connectivity index (χ2n) is 5.99. The topological polar surface area (TPSA) is 57.6 Å². The van der Waals surface area contributed by atoms with Crippen molar-refractivity contribution in [1.82, 2.24) is 4.90 Å². The van der Waals surface area contributed by atoms with E-state index < -0.39 is 11.9 Å². The molecule has 3 rings (SSSR count). The first-order valence-electron chi connectivity index (χ1n) is 7.10. The summed E-state index contributed by atoms with van der Waals surface area (Å²) in [6, 6.07) is 6.01. The number of carboxylic acids is 1. The van der Waals surface area contributed by atoms with E-state index in [4.69, 9.17) is 0 Å². The zero-order valence-electron chi connectivity index (χ0n) is 11.8. The molecule has 20 heavy (non-hydrogen) atoms. The molecule has 2 fully saturated rings. The fraction of sp³-hybridized carbons (Fsp3) is 0.500. The highest BCUT2D eigenvalue weighted by Crippen LogP contribution is 2.45. The van der Waals surface area contributed by atoms with Gasteiger partial charge < -0.3 is 10.0 Å². The lowest BCUT2D eigenvalue weighted by Gasteiger charge is -2.28. The summed E-state index contributed by atoms with van der Waals surface area (Å²) in [5.74, 6) is -1.50. The Labute approximate surface area is 118 Å². The standard InChI is InChI=1S/C16H19NO3/c1-9-3-4-10(2)12(7-9)15-13(16(19)20)8-14(18)17(15)11-5-6-11/h3-4,7,11,13,15H,5-6,8H2,1-2H3,(H,19,20). The average Bonchev–Trinajstić information content (AvgIpc) is 3.15. The quantitative estimate of drug-likeness (QED) is 0.920. The Morgan fingerprint density at radius 1 is 1.30 bits per heavy atom.